The maximum atomic E-state index is 12.5. The van der Waals surface area contributed by atoms with Crippen LogP contribution in [-0.2, 0) is 12.7 Å². The van der Waals surface area contributed by atoms with Gasteiger partial charge < -0.3 is 10.2 Å². The van der Waals surface area contributed by atoms with E-state index in [4.69, 9.17) is 10.2 Å². The molecule has 0 spiro atoms. The number of carboxylic acids is 1. The van der Waals surface area contributed by atoms with Crippen LogP contribution in [0.1, 0.15) is 23.0 Å². The van der Waals surface area contributed by atoms with Crippen LogP contribution in [0.25, 0.3) is 0 Å². The Morgan fingerprint density at radius 3 is 2.56 bits per heavy atom. The second-order valence-corrected chi connectivity index (χ2v) is 3.24. The normalized spacial score (nSPS) is 13.8. The number of rotatable bonds is 3. The maximum Gasteiger partial charge on any atom is 0.433 e. The lowest BCUT2D eigenvalue weighted by Crippen LogP contribution is -2.22. The molecule has 1 aromatic heterocycles. The van der Waals surface area contributed by atoms with Crippen molar-refractivity contribution in [3.05, 3.63) is 17.5 Å². The molecule has 1 unspecified atom stereocenters. The molecule has 1 rings (SSSR count). The Kier molecular flexibility index (Phi) is 3.22. The molecule has 0 saturated carbocycles. The highest BCUT2D eigenvalue weighted by molar-refractivity contribution is 5.88. The molecule has 0 radical (unpaired) electrons. The largest absolute Gasteiger partial charge is 0.478 e. The van der Waals surface area contributed by atoms with Crippen LogP contribution in [0.4, 0.5) is 13.2 Å². The van der Waals surface area contributed by atoms with E-state index in [9.17, 15) is 18.0 Å². The third-order valence-electron chi connectivity index (χ3n) is 1.78. The highest BCUT2D eigenvalue weighted by Crippen LogP contribution is 2.32. The van der Waals surface area contributed by atoms with Crippen molar-refractivity contribution < 1.29 is 28.2 Å². The number of aliphatic hydroxyl groups is 1. The minimum absolute atomic E-state index is 0.415. The van der Waals surface area contributed by atoms with Crippen LogP contribution in [0.15, 0.2) is 6.20 Å². The average Bonchev–Trinajstić information content (AvgIpc) is 2.45. The van der Waals surface area contributed by atoms with E-state index in [0.29, 0.717) is 10.9 Å². The van der Waals surface area contributed by atoms with Crippen molar-refractivity contribution in [2.75, 3.05) is 0 Å². The summed E-state index contributed by atoms with van der Waals surface area (Å²) >= 11 is 0. The van der Waals surface area contributed by atoms with E-state index in [0.717, 1.165) is 0 Å². The highest BCUT2D eigenvalue weighted by atomic mass is 19.4. The quantitative estimate of drug-likeness (QED) is 0.823. The number of nitrogens with zero attached hydrogens (tertiary/aromatic N) is 2. The zero-order valence-electron chi connectivity index (χ0n) is 8.19. The number of hydrogen-bond acceptors (Lipinski definition) is 3. The third-order valence-corrected chi connectivity index (χ3v) is 1.78. The second-order valence-electron chi connectivity index (χ2n) is 3.24. The number of aromatic carboxylic acids is 1. The highest BCUT2D eigenvalue weighted by Gasteiger charge is 2.40. The Bertz CT molecular complexity index is 398. The maximum absolute atomic E-state index is 12.5. The molecule has 2 N–H and O–H groups in total. The van der Waals surface area contributed by atoms with Crippen LogP contribution < -0.4 is 0 Å². The predicted molar refractivity (Wildman–Crippen MR) is 45.9 cm³/mol. The van der Waals surface area contributed by atoms with Crippen LogP contribution in [0, 0.1) is 0 Å². The third kappa shape index (κ3) is 2.51. The van der Waals surface area contributed by atoms with E-state index >= 15 is 0 Å². The topological polar surface area (TPSA) is 75.3 Å². The zero-order valence-corrected chi connectivity index (χ0v) is 8.19. The molecule has 0 aliphatic rings. The fourth-order valence-electron chi connectivity index (χ4n) is 1.23. The first-order valence-electron chi connectivity index (χ1n) is 4.28. The van der Waals surface area contributed by atoms with Gasteiger partial charge in [-0.1, -0.05) is 0 Å². The molecule has 0 saturated heterocycles. The number of carbonyl (C=O) groups is 1. The van der Waals surface area contributed by atoms with E-state index in [-0.39, 0.29) is 0 Å². The molecule has 1 atom stereocenters. The first-order valence-corrected chi connectivity index (χ1v) is 4.28. The SMILES string of the molecule is CC(O)Cn1ncc(C(=O)O)c1C(F)(F)F. The molecule has 1 aromatic rings. The van der Waals surface area contributed by atoms with Crippen LogP contribution in [0.2, 0.25) is 0 Å². The van der Waals surface area contributed by atoms with Gasteiger partial charge in [-0.15, -0.1) is 0 Å². The van der Waals surface area contributed by atoms with Crippen LogP contribution in [-0.4, -0.2) is 32.1 Å². The van der Waals surface area contributed by atoms with Gasteiger partial charge >= 0.3 is 12.1 Å². The van der Waals surface area contributed by atoms with Crippen LogP contribution in [0.3, 0.4) is 0 Å². The summed E-state index contributed by atoms with van der Waals surface area (Å²) in [4.78, 5) is 10.6. The van der Waals surface area contributed by atoms with E-state index in [1.54, 1.807) is 0 Å². The first-order chi connectivity index (χ1) is 7.23. The lowest BCUT2D eigenvalue weighted by Gasteiger charge is -2.12. The Morgan fingerprint density at radius 2 is 2.19 bits per heavy atom. The van der Waals surface area contributed by atoms with Gasteiger partial charge in [-0.25, -0.2) is 4.79 Å². The molecule has 90 valence electrons. The fraction of sp³-hybridized carbons (Fsp3) is 0.500. The Balaban J connectivity index is 3.25. The molecule has 0 aliphatic heterocycles. The van der Waals surface area contributed by atoms with Crippen molar-refractivity contribution in [1.82, 2.24) is 9.78 Å². The van der Waals surface area contributed by atoms with Gasteiger partial charge in [0.25, 0.3) is 0 Å². The molecule has 5 nitrogen and oxygen atoms in total. The zero-order chi connectivity index (χ0) is 12.5. The molecule has 8 heteroatoms. The van der Waals surface area contributed by atoms with Gasteiger partial charge in [0.2, 0.25) is 0 Å². The fourth-order valence-corrected chi connectivity index (χ4v) is 1.23. The number of halogens is 3. The number of alkyl halides is 3. The minimum Gasteiger partial charge on any atom is -0.478 e. The lowest BCUT2D eigenvalue weighted by molar-refractivity contribution is -0.145. The Labute approximate surface area is 88.1 Å². The van der Waals surface area contributed by atoms with Gasteiger partial charge in [0, 0.05) is 0 Å². The standard InChI is InChI=1S/C8H9F3N2O3/c1-4(14)3-13-6(8(9,10)11)5(2-12-13)7(15)16/h2,4,14H,3H2,1H3,(H,15,16). The number of hydrogen-bond donors (Lipinski definition) is 2. The van der Waals surface area contributed by atoms with E-state index in [1.165, 1.54) is 6.92 Å². The van der Waals surface area contributed by atoms with Crippen molar-refractivity contribution in [2.24, 2.45) is 0 Å². The smallest absolute Gasteiger partial charge is 0.433 e. The summed E-state index contributed by atoms with van der Waals surface area (Å²) in [7, 11) is 0. The number of carboxylic acid groups (broad SMARTS) is 1. The van der Waals surface area contributed by atoms with Crippen molar-refractivity contribution in [3.8, 4) is 0 Å². The van der Waals surface area contributed by atoms with Crippen LogP contribution >= 0.6 is 0 Å². The Morgan fingerprint density at radius 1 is 1.62 bits per heavy atom. The molecule has 0 bridgehead atoms. The van der Waals surface area contributed by atoms with E-state index in [1.807, 2.05) is 0 Å². The second kappa shape index (κ2) is 4.12. The summed E-state index contributed by atoms with van der Waals surface area (Å²) in [6.07, 6.45) is -5.25. The molecular formula is C8H9F3N2O3. The summed E-state index contributed by atoms with van der Waals surface area (Å²) < 4.78 is 38.1. The van der Waals surface area contributed by atoms with Gasteiger partial charge in [0.05, 0.1) is 18.8 Å². The number of aromatic nitrogens is 2. The van der Waals surface area contributed by atoms with Gasteiger partial charge in [0.15, 0.2) is 5.69 Å². The van der Waals surface area contributed by atoms with Gasteiger partial charge in [-0.3, -0.25) is 4.68 Å². The monoisotopic (exact) mass is 238 g/mol. The Hall–Kier alpha value is -1.57. The molecular weight excluding hydrogens is 229 g/mol. The van der Waals surface area contributed by atoms with E-state index in [2.05, 4.69) is 5.10 Å². The molecule has 0 amide bonds. The summed E-state index contributed by atoms with van der Waals surface area (Å²) in [5.74, 6) is -1.70. The predicted octanol–water partition coefficient (Wildman–Crippen LogP) is 0.981. The van der Waals surface area contributed by atoms with Gasteiger partial charge in [0.1, 0.15) is 5.56 Å². The minimum atomic E-state index is -4.82. The molecule has 16 heavy (non-hydrogen) atoms. The van der Waals surface area contributed by atoms with Crippen LogP contribution in [0.5, 0.6) is 0 Å². The van der Waals surface area contributed by atoms with Crippen molar-refractivity contribution in [1.29, 1.82) is 0 Å². The first kappa shape index (κ1) is 12.5. The van der Waals surface area contributed by atoms with E-state index < -0.39 is 36.1 Å². The molecule has 1 heterocycles. The average molecular weight is 238 g/mol. The molecule has 0 aromatic carbocycles. The van der Waals surface area contributed by atoms with Crippen molar-refractivity contribution >= 4 is 5.97 Å². The number of aliphatic hydroxyl groups excluding tert-OH is 1. The summed E-state index contributed by atoms with van der Waals surface area (Å²) in [6.45, 7) is 0.865. The van der Waals surface area contributed by atoms with Gasteiger partial charge in [-0.05, 0) is 6.92 Å². The van der Waals surface area contributed by atoms with Crippen molar-refractivity contribution in [3.63, 3.8) is 0 Å². The van der Waals surface area contributed by atoms with Crippen molar-refractivity contribution in [2.45, 2.75) is 25.7 Å². The lowest BCUT2D eigenvalue weighted by atomic mass is 10.2. The summed E-state index contributed by atoms with van der Waals surface area (Å²) in [6, 6.07) is 0. The summed E-state index contributed by atoms with van der Waals surface area (Å²) in [5, 5.41) is 20.8. The molecule has 0 aliphatic carbocycles. The molecule has 0 fully saturated rings. The van der Waals surface area contributed by atoms with Gasteiger partial charge in [-0.2, -0.15) is 18.3 Å². The summed E-state index contributed by atoms with van der Waals surface area (Å²) in [5.41, 5.74) is -2.28.